The van der Waals surface area contributed by atoms with E-state index in [2.05, 4.69) is 17.9 Å². The molecule has 0 amide bonds. The van der Waals surface area contributed by atoms with E-state index in [4.69, 9.17) is 25.5 Å². The van der Waals surface area contributed by atoms with Gasteiger partial charge in [-0.1, -0.05) is 24.9 Å². The fourth-order valence-corrected chi connectivity index (χ4v) is 4.13. The molecule has 29 heavy (non-hydrogen) atoms. The minimum atomic E-state index is -0.308. The van der Waals surface area contributed by atoms with Crippen molar-refractivity contribution in [2.45, 2.75) is 39.7 Å². The summed E-state index contributed by atoms with van der Waals surface area (Å²) >= 11 is 6.30. The molecule has 0 bridgehead atoms. The van der Waals surface area contributed by atoms with Crippen LogP contribution in [0.4, 0.5) is 5.69 Å². The minimum absolute atomic E-state index is 0.308. The monoisotopic (exact) mass is 413 g/mol. The zero-order valence-electron chi connectivity index (χ0n) is 16.9. The molecular weight excluding hydrogens is 390 g/mol. The molecule has 0 saturated heterocycles. The van der Waals surface area contributed by atoms with Crippen molar-refractivity contribution < 1.29 is 13.9 Å². The van der Waals surface area contributed by atoms with E-state index in [0.29, 0.717) is 29.6 Å². The van der Waals surface area contributed by atoms with Gasteiger partial charge in [-0.2, -0.15) is 0 Å². The second-order valence-electron chi connectivity index (χ2n) is 7.35. The largest absolute Gasteiger partial charge is 0.495 e. The second kappa shape index (κ2) is 7.99. The van der Waals surface area contributed by atoms with Gasteiger partial charge in [-0.25, -0.2) is 4.79 Å². The molecule has 0 N–H and O–H groups in total. The summed E-state index contributed by atoms with van der Waals surface area (Å²) < 4.78 is 16.9. The highest BCUT2D eigenvalue weighted by Crippen LogP contribution is 2.38. The first-order valence-electron chi connectivity index (χ1n) is 9.82. The van der Waals surface area contributed by atoms with Crippen molar-refractivity contribution in [3.8, 4) is 11.5 Å². The molecule has 2 aromatic carbocycles. The predicted octanol–water partition coefficient (Wildman–Crippen LogP) is 5.46. The Balaban J connectivity index is 1.76. The molecule has 3 aromatic rings. The zero-order valence-corrected chi connectivity index (χ0v) is 17.6. The van der Waals surface area contributed by atoms with Crippen LogP contribution in [0.2, 0.25) is 5.02 Å². The van der Waals surface area contributed by atoms with E-state index in [1.807, 2.05) is 25.1 Å². The average molecular weight is 414 g/mol. The number of halogens is 1. The van der Waals surface area contributed by atoms with Crippen LogP contribution >= 0.6 is 11.6 Å². The third-order valence-electron chi connectivity index (χ3n) is 5.40. The maximum atomic E-state index is 12.1. The number of hydrogen-bond donors (Lipinski definition) is 0. The third kappa shape index (κ3) is 3.67. The molecule has 0 aliphatic carbocycles. The first kappa shape index (κ1) is 19.6. The van der Waals surface area contributed by atoms with Crippen LogP contribution < -0.4 is 20.0 Å². The summed E-state index contributed by atoms with van der Waals surface area (Å²) in [5.41, 5.74) is 4.26. The first-order chi connectivity index (χ1) is 14.0. The molecule has 6 heteroatoms. The first-order valence-corrected chi connectivity index (χ1v) is 10.2. The van der Waals surface area contributed by atoms with E-state index in [-0.39, 0.29) is 5.63 Å². The molecule has 5 nitrogen and oxygen atoms in total. The highest BCUT2D eigenvalue weighted by molar-refractivity contribution is 6.32. The van der Waals surface area contributed by atoms with Gasteiger partial charge in [-0.3, -0.25) is 0 Å². The van der Waals surface area contributed by atoms with Crippen molar-refractivity contribution in [2.75, 3.05) is 18.7 Å². The van der Waals surface area contributed by atoms with Gasteiger partial charge in [-0.05, 0) is 49.6 Å². The van der Waals surface area contributed by atoms with Gasteiger partial charge in [0.05, 0.1) is 12.1 Å². The van der Waals surface area contributed by atoms with Crippen LogP contribution in [0.15, 0.2) is 39.5 Å². The molecule has 0 spiro atoms. The maximum absolute atomic E-state index is 12.1. The SMILES string of the molecule is CCCCc1cc(=O)oc2c(C)c3c(cc12)CN(c1ccc(OC)c(Cl)c1)CO3. The van der Waals surface area contributed by atoms with E-state index in [0.717, 1.165) is 52.8 Å². The summed E-state index contributed by atoms with van der Waals surface area (Å²) in [7, 11) is 1.60. The van der Waals surface area contributed by atoms with Crippen LogP contribution in [-0.2, 0) is 13.0 Å². The zero-order chi connectivity index (χ0) is 20.5. The van der Waals surface area contributed by atoms with E-state index in [1.165, 1.54) is 0 Å². The highest BCUT2D eigenvalue weighted by atomic mass is 35.5. The van der Waals surface area contributed by atoms with Crippen LogP contribution in [0.1, 0.15) is 36.5 Å². The van der Waals surface area contributed by atoms with Crippen molar-refractivity contribution in [2.24, 2.45) is 0 Å². The van der Waals surface area contributed by atoms with Gasteiger partial charge in [-0.15, -0.1) is 0 Å². The van der Waals surface area contributed by atoms with Gasteiger partial charge in [0.2, 0.25) is 0 Å². The number of unbranched alkanes of at least 4 members (excludes halogenated alkanes) is 1. The number of methoxy groups -OCH3 is 1. The van der Waals surface area contributed by atoms with Gasteiger partial charge >= 0.3 is 5.63 Å². The molecule has 0 unspecified atom stereocenters. The number of ether oxygens (including phenoxy) is 2. The van der Waals surface area contributed by atoms with Crippen molar-refractivity contribution >= 4 is 28.3 Å². The lowest BCUT2D eigenvalue weighted by atomic mass is 9.98. The molecule has 0 saturated carbocycles. The number of rotatable bonds is 5. The van der Waals surface area contributed by atoms with Crippen LogP contribution in [0.25, 0.3) is 11.0 Å². The standard InChI is InChI=1S/C23H24ClNO4/c1-4-5-6-15-10-21(26)29-23-14(2)22-16(9-18(15)23)12-25(13-28-22)17-7-8-20(27-3)19(24)11-17/h7-11H,4-6,12-13H2,1-3H3. The fraction of sp³-hybridized carbons (Fsp3) is 0.348. The Hall–Kier alpha value is -2.66. The quantitative estimate of drug-likeness (QED) is 0.519. The third-order valence-corrected chi connectivity index (χ3v) is 5.70. The minimum Gasteiger partial charge on any atom is -0.495 e. The number of anilines is 1. The van der Waals surface area contributed by atoms with Crippen molar-refractivity contribution in [1.82, 2.24) is 0 Å². The lowest BCUT2D eigenvalue weighted by Crippen LogP contribution is -2.32. The Labute approximate surface area is 174 Å². The molecule has 0 radical (unpaired) electrons. The predicted molar refractivity (Wildman–Crippen MR) is 116 cm³/mol. The van der Waals surface area contributed by atoms with Gasteiger partial charge in [0.25, 0.3) is 0 Å². The van der Waals surface area contributed by atoms with Gasteiger partial charge < -0.3 is 18.8 Å². The number of hydrogen-bond acceptors (Lipinski definition) is 5. The van der Waals surface area contributed by atoms with Crippen molar-refractivity contribution in [3.63, 3.8) is 0 Å². The number of fused-ring (bicyclic) bond motifs is 2. The summed E-state index contributed by atoms with van der Waals surface area (Å²) in [6.07, 6.45) is 2.96. The smallest absolute Gasteiger partial charge is 0.336 e. The summed E-state index contributed by atoms with van der Waals surface area (Å²) in [5, 5.41) is 1.56. The Morgan fingerprint density at radius 2 is 2.07 bits per heavy atom. The van der Waals surface area contributed by atoms with E-state index in [9.17, 15) is 4.79 Å². The van der Waals surface area contributed by atoms with Crippen LogP contribution in [0.3, 0.4) is 0 Å². The second-order valence-corrected chi connectivity index (χ2v) is 7.76. The van der Waals surface area contributed by atoms with Gasteiger partial charge in [0.15, 0.2) is 6.73 Å². The summed E-state index contributed by atoms with van der Waals surface area (Å²) in [6.45, 7) is 5.17. The fourth-order valence-electron chi connectivity index (χ4n) is 3.88. The molecule has 2 heterocycles. The van der Waals surface area contributed by atoms with Gasteiger partial charge in [0.1, 0.15) is 17.1 Å². The summed E-state index contributed by atoms with van der Waals surface area (Å²) in [4.78, 5) is 14.2. The molecule has 152 valence electrons. The van der Waals surface area contributed by atoms with E-state index >= 15 is 0 Å². The molecule has 1 aliphatic rings. The van der Waals surface area contributed by atoms with E-state index < -0.39 is 0 Å². The molecule has 1 aromatic heterocycles. The van der Waals surface area contributed by atoms with Gasteiger partial charge in [0, 0.05) is 34.8 Å². The Bertz CT molecular complexity index is 1120. The summed E-state index contributed by atoms with van der Waals surface area (Å²) in [6, 6.07) is 9.43. The van der Waals surface area contributed by atoms with Crippen molar-refractivity contribution in [1.29, 1.82) is 0 Å². The number of benzene rings is 2. The molecule has 0 fully saturated rings. The Kier molecular flexibility index (Phi) is 5.41. The topological polar surface area (TPSA) is 51.9 Å². The lowest BCUT2D eigenvalue weighted by molar-refractivity contribution is 0.287. The number of aryl methyl sites for hydroxylation is 2. The molecule has 1 aliphatic heterocycles. The van der Waals surface area contributed by atoms with Crippen molar-refractivity contribution in [3.05, 3.63) is 62.5 Å². The molecular formula is C23H24ClNO4. The summed E-state index contributed by atoms with van der Waals surface area (Å²) in [5.74, 6) is 1.44. The highest BCUT2D eigenvalue weighted by Gasteiger charge is 2.23. The molecule has 4 rings (SSSR count). The van der Waals surface area contributed by atoms with Crippen LogP contribution in [0, 0.1) is 6.92 Å². The molecule has 0 atom stereocenters. The Morgan fingerprint density at radius 1 is 1.24 bits per heavy atom. The van der Waals surface area contributed by atoms with E-state index in [1.54, 1.807) is 13.2 Å². The van der Waals surface area contributed by atoms with Crippen LogP contribution in [0.5, 0.6) is 11.5 Å². The number of nitrogens with zero attached hydrogens (tertiary/aromatic N) is 1. The van der Waals surface area contributed by atoms with Crippen LogP contribution in [-0.4, -0.2) is 13.8 Å². The normalized spacial score (nSPS) is 13.3. The Morgan fingerprint density at radius 3 is 2.79 bits per heavy atom. The average Bonchev–Trinajstić information content (AvgIpc) is 2.72. The lowest BCUT2D eigenvalue weighted by Gasteiger charge is -2.32. The maximum Gasteiger partial charge on any atom is 0.336 e.